The van der Waals surface area contributed by atoms with Crippen molar-refractivity contribution in [2.45, 2.75) is 13.8 Å². The number of benzene rings is 2. The largest absolute Gasteiger partial charge is 0.484 e. The van der Waals surface area contributed by atoms with Crippen LogP contribution in [0.3, 0.4) is 0 Å². The zero-order valence-electron chi connectivity index (χ0n) is 11.5. The minimum absolute atomic E-state index is 0.110. The summed E-state index contributed by atoms with van der Waals surface area (Å²) in [4.78, 5) is 12.2. The number of ketones is 1. The topological polar surface area (TPSA) is 26.3 Å². The lowest BCUT2D eigenvalue weighted by Crippen LogP contribution is -2.13. The van der Waals surface area contributed by atoms with Crippen molar-refractivity contribution in [1.29, 1.82) is 0 Å². The molecule has 0 aliphatic heterocycles. The molecule has 0 atom stereocenters. The Morgan fingerprint density at radius 1 is 1.00 bits per heavy atom. The first-order chi connectivity index (χ1) is 9.88. The SMILES string of the molecule is Cc1ccc(C(=O)COc2cc(Cl)c(Cl)cc2Cl)c(C)c1. The van der Waals surface area contributed by atoms with Crippen molar-refractivity contribution in [1.82, 2.24) is 0 Å². The number of aryl methyl sites for hydroxylation is 2. The van der Waals surface area contributed by atoms with Crippen LogP contribution in [0.2, 0.25) is 15.1 Å². The van der Waals surface area contributed by atoms with Crippen molar-refractivity contribution in [3.63, 3.8) is 0 Å². The Kier molecular flexibility index (Phi) is 5.15. The van der Waals surface area contributed by atoms with Gasteiger partial charge in [-0.25, -0.2) is 0 Å². The molecule has 0 heterocycles. The van der Waals surface area contributed by atoms with Crippen LogP contribution in [0.5, 0.6) is 5.75 Å². The quantitative estimate of drug-likeness (QED) is 0.539. The smallest absolute Gasteiger partial charge is 0.200 e. The first-order valence-electron chi connectivity index (χ1n) is 6.26. The minimum Gasteiger partial charge on any atom is -0.484 e. The molecular weight excluding hydrogens is 331 g/mol. The summed E-state index contributed by atoms with van der Waals surface area (Å²) in [5, 5.41) is 0.989. The van der Waals surface area contributed by atoms with Crippen molar-refractivity contribution in [2.75, 3.05) is 6.61 Å². The minimum atomic E-state index is -0.116. The average Bonchev–Trinajstić information content (AvgIpc) is 2.41. The third kappa shape index (κ3) is 3.91. The van der Waals surface area contributed by atoms with E-state index in [4.69, 9.17) is 39.5 Å². The lowest BCUT2D eigenvalue weighted by atomic mass is 10.0. The van der Waals surface area contributed by atoms with Crippen molar-refractivity contribution < 1.29 is 9.53 Å². The van der Waals surface area contributed by atoms with Crippen LogP contribution in [0.1, 0.15) is 21.5 Å². The zero-order valence-corrected chi connectivity index (χ0v) is 13.8. The third-order valence-corrected chi connectivity index (χ3v) is 4.03. The van der Waals surface area contributed by atoms with E-state index in [1.54, 1.807) is 6.07 Å². The Balaban J connectivity index is 2.13. The van der Waals surface area contributed by atoms with Crippen LogP contribution in [0.15, 0.2) is 30.3 Å². The second-order valence-electron chi connectivity index (χ2n) is 4.73. The van der Waals surface area contributed by atoms with Gasteiger partial charge in [0.05, 0.1) is 15.1 Å². The molecule has 110 valence electrons. The molecule has 2 rings (SSSR count). The van der Waals surface area contributed by atoms with E-state index in [0.717, 1.165) is 11.1 Å². The predicted octanol–water partition coefficient (Wildman–Crippen LogP) is 5.53. The Labute approximate surface area is 138 Å². The average molecular weight is 344 g/mol. The number of carbonyl (C=O) groups excluding carboxylic acids is 1. The van der Waals surface area contributed by atoms with Gasteiger partial charge in [-0.05, 0) is 25.5 Å². The van der Waals surface area contributed by atoms with E-state index >= 15 is 0 Å². The standard InChI is InChI=1S/C16H13Cl3O2/c1-9-3-4-11(10(2)5-9)15(20)8-21-16-7-13(18)12(17)6-14(16)19/h3-7H,8H2,1-2H3. The summed E-state index contributed by atoms with van der Waals surface area (Å²) < 4.78 is 5.45. The molecule has 21 heavy (non-hydrogen) atoms. The van der Waals surface area contributed by atoms with E-state index in [2.05, 4.69) is 0 Å². The molecule has 2 aromatic rings. The fourth-order valence-electron chi connectivity index (χ4n) is 1.96. The van der Waals surface area contributed by atoms with Gasteiger partial charge < -0.3 is 4.74 Å². The molecule has 0 unspecified atom stereocenters. The molecule has 0 bridgehead atoms. The van der Waals surface area contributed by atoms with E-state index < -0.39 is 0 Å². The van der Waals surface area contributed by atoms with Gasteiger partial charge in [0.15, 0.2) is 12.4 Å². The lowest BCUT2D eigenvalue weighted by molar-refractivity contribution is 0.0921. The molecular formula is C16H13Cl3O2. The highest BCUT2D eigenvalue weighted by molar-refractivity contribution is 6.43. The predicted molar refractivity (Wildman–Crippen MR) is 87.2 cm³/mol. The lowest BCUT2D eigenvalue weighted by Gasteiger charge is -2.10. The molecule has 0 aromatic heterocycles. The number of rotatable bonds is 4. The number of Topliss-reactive ketones (excluding diaryl/α,β-unsaturated/α-hetero) is 1. The first-order valence-corrected chi connectivity index (χ1v) is 7.39. The van der Waals surface area contributed by atoms with Gasteiger partial charge in [0.25, 0.3) is 0 Å². The van der Waals surface area contributed by atoms with Gasteiger partial charge in [-0.15, -0.1) is 0 Å². The maximum absolute atomic E-state index is 12.2. The van der Waals surface area contributed by atoms with Crippen LogP contribution in [-0.2, 0) is 0 Å². The Morgan fingerprint density at radius 3 is 2.33 bits per heavy atom. The van der Waals surface area contributed by atoms with Gasteiger partial charge in [0.1, 0.15) is 5.75 Å². The Bertz CT molecular complexity index is 696. The molecule has 5 heteroatoms. The highest BCUT2D eigenvalue weighted by Crippen LogP contribution is 2.33. The molecule has 0 saturated carbocycles. The Hall–Kier alpha value is -1.22. The fourth-order valence-corrected chi connectivity index (χ4v) is 2.55. The van der Waals surface area contributed by atoms with Crippen LogP contribution in [0.4, 0.5) is 0 Å². The molecule has 0 radical (unpaired) electrons. The van der Waals surface area contributed by atoms with Crippen molar-refractivity contribution in [3.8, 4) is 5.75 Å². The third-order valence-electron chi connectivity index (χ3n) is 3.02. The number of hydrogen-bond acceptors (Lipinski definition) is 2. The summed E-state index contributed by atoms with van der Waals surface area (Å²) in [6.07, 6.45) is 0. The maximum atomic E-state index is 12.2. The van der Waals surface area contributed by atoms with Crippen LogP contribution in [0.25, 0.3) is 0 Å². The van der Waals surface area contributed by atoms with Gasteiger partial charge in [0, 0.05) is 11.6 Å². The molecule has 0 aliphatic carbocycles. The van der Waals surface area contributed by atoms with Gasteiger partial charge in [0.2, 0.25) is 0 Å². The molecule has 2 aromatic carbocycles. The van der Waals surface area contributed by atoms with Gasteiger partial charge >= 0.3 is 0 Å². The van der Waals surface area contributed by atoms with Crippen molar-refractivity contribution in [3.05, 3.63) is 62.1 Å². The monoisotopic (exact) mass is 342 g/mol. The summed E-state index contributed by atoms with van der Waals surface area (Å²) >= 11 is 17.8. The number of carbonyl (C=O) groups is 1. The molecule has 2 nitrogen and oxygen atoms in total. The van der Waals surface area contributed by atoms with Crippen LogP contribution < -0.4 is 4.74 Å². The van der Waals surface area contributed by atoms with E-state index in [0.29, 0.717) is 26.4 Å². The normalized spacial score (nSPS) is 10.5. The maximum Gasteiger partial charge on any atom is 0.200 e. The summed E-state index contributed by atoms with van der Waals surface area (Å²) in [5.41, 5.74) is 2.66. The van der Waals surface area contributed by atoms with Crippen LogP contribution in [0, 0.1) is 13.8 Å². The number of hydrogen-bond donors (Lipinski definition) is 0. The molecule has 0 saturated heterocycles. The van der Waals surface area contributed by atoms with Crippen molar-refractivity contribution >= 4 is 40.6 Å². The highest BCUT2D eigenvalue weighted by Gasteiger charge is 2.12. The zero-order chi connectivity index (χ0) is 15.6. The summed E-state index contributed by atoms with van der Waals surface area (Å²) in [6.45, 7) is 3.77. The number of halogens is 3. The molecule has 0 spiro atoms. The molecule has 0 fully saturated rings. The van der Waals surface area contributed by atoms with E-state index in [1.807, 2.05) is 26.0 Å². The van der Waals surface area contributed by atoms with Crippen LogP contribution >= 0.6 is 34.8 Å². The fraction of sp³-hybridized carbons (Fsp3) is 0.188. The first kappa shape index (κ1) is 16.2. The molecule has 0 amide bonds. The second-order valence-corrected chi connectivity index (χ2v) is 5.95. The Morgan fingerprint density at radius 2 is 1.67 bits per heavy atom. The van der Waals surface area contributed by atoms with E-state index in [1.165, 1.54) is 12.1 Å². The van der Waals surface area contributed by atoms with Crippen LogP contribution in [-0.4, -0.2) is 12.4 Å². The molecule has 0 N–H and O–H groups in total. The summed E-state index contributed by atoms with van der Waals surface area (Å²) in [6, 6.07) is 8.64. The van der Waals surface area contributed by atoms with E-state index in [9.17, 15) is 4.79 Å². The van der Waals surface area contributed by atoms with Crippen molar-refractivity contribution in [2.24, 2.45) is 0 Å². The number of ether oxygens (including phenoxy) is 1. The summed E-state index contributed by atoms with van der Waals surface area (Å²) in [5.74, 6) is 0.221. The highest BCUT2D eigenvalue weighted by atomic mass is 35.5. The van der Waals surface area contributed by atoms with Gasteiger partial charge in [-0.1, -0.05) is 58.6 Å². The van der Waals surface area contributed by atoms with Gasteiger partial charge in [-0.3, -0.25) is 4.79 Å². The van der Waals surface area contributed by atoms with Gasteiger partial charge in [-0.2, -0.15) is 0 Å². The second kappa shape index (κ2) is 6.69. The molecule has 0 aliphatic rings. The summed E-state index contributed by atoms with van der Waals surface area (Å²) in [7, 11) is 0. The van der Waals surface area contributed by atoms with E-state index in [-0.39, 0.29) is 12.4 Å².